The summed E-state index contributed by atoms with van der Waals surface area (Å²) in [6.07, 6.45) is 0. The van der Waals surface area contributed by atoms with Crippen LogP contribution in [-0.4, -0.2) is 5.91 Å². The fourth-order valence-electron chi connectivity index (χ4n) is 1.88. The quantitative estimate of drug-likeness (QED) is 0.813. The lowest BCUT2D eigenvalue weighted by atomic mass is 10.1. The summed E-state index contributed by atoms with van der Waals surface area (Å²) in [5.41, 5.74) is 7.50. The molecule has 0 saturated carbocycles. The maximum absolute atomic E-state index is 12.3. The van der Waals surface area contributed by atoms with Crippen LogP contribution in [0.4, 0.5) is 5.69 Å². The summed E-state index contributed by atoms with van der Waals surface area (Å²) in [6, 6.07) is 12.7. The molecule has 2 aromatic carbocycles. The first kappa shape index (κ1) is 14.9. The second kappa shape index (κ2) is 6.29. The molecule has 104 valence electrons. The van der Waals surface area contributed by atoms with E-state index in [4.69, 9.17) is 17.3 Å². The van der Waals surface area contributed by atoms with E-state index in [1.807, 2.05) is 31.2 Å². The molecule has 0 saturated heterocycles. The molecule has 20 heavy (non-hydrogen) atoms. The van der Waals surface area contributed by atoms with Gasteiger partial charge in [-0.3, -0.25) is 4.79 Å². The molecule has 1 atom stereocenters. The average molecular weight is 354 g/mol. The van der Waals surface area contributed by atoms with Crippen LogP contribution in [0.25, 0.3) is 0 Å². The van der Waals surface area contributed by atoms with Crippen molar-refractivity contribution in [2.24, 2.45) is 0 Å². The molecule has 5 heteroatoms. The number of benzene rings is 2. The van der Waals surface area contributed by atoms with E-state index >= 15 is 0 Å². The summed E-state index contributed by atoms with van der Waals surface area (Å²) in [7, 11) is 0. The first-order valence-electron chi connectivity index (χ1n) is 6.09. The van der Waals surface area contributed by atoms with Gasteiger partial charge in [-0.25, -0.2) is 0 Å². The topological polar surface area (TPSA) is 55.1 Å². The Morgan fingerprint density at radius 1 is 1.25 bits per heavy atom. The van der Waals surface area contributed by atoms with E-state index in [1.165, 1.54) is 0 Å². The Balaban J connectivity index is 2.17. The molecule has 2 aromatic rings. The lowest BCUT2D eigenvalue weighted by molar-refractivity contribution is 0.0941. The van der Waals surface area contributed by atoms with Crippen LogP contribution in [0.1, 0.15) is 28.9 Å². The second-order valence-corrected chi connectivity index (χ2v) is 5.77. The molecule has 0 aliphatic heterocycles. The molecule has 0 heterocycles. The normalized spacial score (nSPS) is 11.9. The van der Waals surface area contributed by atoms with Gasteiger partial charge in [-0.2, -0.15) is 0 Å². The van der Waals surface area contributed by atoms with E-state index in [2.05, 4.69) is 21.2 Å². The van der Waals surface area contributed by atoms with E-state index in [0.717, 1.165) is 10.0 Å². The Bertz CT molecular complexity index is 608. The molecule has 0 radical (unpaired) electrons. The fourth-order valence-corrected chi connectivity index (χ4v) is 2.42. The van der Waals surface area contributed by atoms with Gasteiger partial charge in [-0.05, 0) is 36.8 Å². The molecular formula is C15H14BrClN2O. The number of halogens is 2. The maximum Gasteiger partial charge on any atom is 0.255 e. The standard InChI is InChI=1S/C15H14BrClN2O/c1-9(10-5-7-11(16)8-6-10)19-15(20)14-12(17)3-2-4-13(14)18/h2-9H,18H2,1H3,(H,19,20). The van der Waals surface area contributed by atoms with Gasteiger partial charge in [0.05, 0.1) is 16.6 Å². The minimum atomic E-state index is -0.275. The number of rotatable bonds is 3. The minimum Gasteiger partial charge on any atom is -0.398 e. The van der Waals surface area contributed by atoms with Gasteiger partial charge in [-0.15, -0.1) is 0 Å². The highest BCUT2D eigenvalue weighted by atomic mass is 79.9. The first-order chi connectivity index (χ1) is 9.49. The Morgan fingerprint density at radius 2 is 1.90 bits per heavy atom. The van der Waals surface area contributed by atoms with Crippen molar-refractivity contribution in [3.63, 3.8) is 0 Å². The molecule has 0 spiro atoms. The number of amides is 1. The molecular weight excluding hydrogens is 340 g/mol. The molecule has 0 aliphatic rings. The SMILES string of the molecule is CC(NC(=O)c1c(N)cccc1Cl)c1ccc(Br)cc1. The Hall–Kier alpha value is -1.52. The van der Waals surface area contributed by atoms with Crippen molar-refractivity contribution in [3.05, 3.63) is 63.1 Å². The smallest absolute Gasteiger partial charge is 0.255 e. The van der Waals surface area contributed by atoms with Crippen molar-refractivity contribution >= 4 is 39.1 Å². The predicted octanol–water partition coefficient (Wildman–Crippen LogP) is 4.18. The summed E-state index contributed by atoms with van der Waals surface area (Å²) >= 11 is 9.41. The molecule has 3 nitrogen and oxygen atoms in total. The zero-order valence-corrected chi connectivity index (χ0v) is 13.2. The number of carbonyl (C=O) groups excluding carboxylic acids is 1. The molecule has 3 N–H and O–H groups in total. The number of anilines is 1. The van der Waals surface area contributed by atoms with Crippen LogP contribution in [0.5, 0.6) is 0 Å². The number of nitrogen functional groups attached to an aromatic ring is 1. The Kier molecular flexibility index (Phi) is 4.68. The van der Waals surface area contributed by atoms with E-state index in [1.54, 1.807) is 18.2 Å². The second-order valence-electron chi connectivity index (χ2n) is 4.45. The highest BCUT2D eigenvalue weighted by Crippen LogP contribution is 2.23. The van der Waals surface area contributed by atoms with Gasteiger partial charge in [0.15, 0.2) is 0 Å². The number of nitrogens with one attached hydrogen (secondary N) is 1. The van der Waals surface area contributed by atoms with Gasteiger partial charge in [0.25, 0.3) is 5.91 Å². The molecule has 1 amide bonds. The van der Waals surface area contributed by atoms with Gasteiger partial charge in [0.1, 0.15) is 0 Å². The zero-order chi connectivity index (χ0) is 14.7. The van der Waals surface area contributed by atoms with Crippen LogP contribution < -0.4 is 11.1 Å². The van der Waals surface area contributed by atoms with Crippen molar-refractivity contribution in [2.45, 2.75) is 13.0 Å². The third-order valence-corrected chi connectivity index (χ3v) is 3.83. The summed E-state index contributed by atoms with van der Waals surface area (Å²) in [5.74, 6) is -0.275. The van der Waals surface area contributed by atoms with Crippen LogP contribution >= 0.6 is 27.5 Å². The highest BCUT2D eigenvalue weighted by Gasteiger charge is 2.16. The summed E-state index contributed by atoms with van der Waals surface area (Å²) in [5, 5.41) is 3.25. The van der Waals surface area contributed by atoms with Gasteiger partial charge in [0, 0.05) is 10.2 Å². The van der Waals surface area contributed by atoms with Crippen LogP contribution in [0.2, 0.25) is 5.02 Å². The van der Waals surface area contributed by atoms with Crippen LogP contribution in [0.3, 0.4) is 0 Å². The van der Waals surface area contributed by atoms with Crippen molar-refractivity contribution in [2.75, 3.05) is 5.73 Å². The van der Waals surface area contributed by atoms with Crippen molar-refractivity contribution < 1.29 is 4.79 Å². The number of carbonyl (C=O) groups is 1. The van der Waals surface area contributed by atoms with E-state index < -0.39 is 0 Å². The van der Waals surface area contributed by atoms with Gasteiger partial charge in [0.2, 0.25) is 0 Å². The average Bonchev–Trinajstić information content (AvgIpc) is 2.39. The van der Waals surface area contributed by atoms with Gasteiger partial charge < -0.3 is 11.1 Å². The lowest BCUT2D eigenvalue weighted by Gasteiger charge is -2.16. The van der Waals surface area contributed by atoms with Crippen LogP contribution in [0.15, 0.2) is 46.9 Å². The first-order valence-corrected chi connectivity index (χ1v) is 7.26. The number of hydrogen-bond donors (Lipinski definition) is 2. The van der Waals surface area contributed by atoms with Crippen LogP contribution in [0, 0.1) is 0 Å². The minimum absolute atomic E-state index is 0.133. The third-order valence-electron chi connectivity index (χ3n) is 2.99. The van der Waals surface area contributed by atoms with Crippen LogP contribution in [-0.2, 0) is 0 Å². The highest BCUT2D eigenvalue weighted by molar-refractivity contribution is 9.10. The van der Waals surface area contributed by atoms with Gasteiger partial charge >= 0.3 is 0 Å². The third kappa shape index (κ3) is 3.32. The summed E-state index contributed by atoms with van der Waals surface area (Å²) in [6.45, 7) is 1.91. The van der Waals surface area contributed by atoms with Gasteiger partial charge in [-0.1, -0.05) is 45.7 Å². The van der Waals surface area contributed by atoms with Crippen molar-refractivity contribution in [3.8, 4) is 0 Å². The summed E-state index contributed by atoms with van der Waals surface area (Å²) in [4.78, 5) is 12.3. The monoisotopic (exact) mass is 352 g/mol. The largest absolute Gasteiger partial charge is 0.398 e. The predicted molar refractivity (Wildman–Crippen MR) is 85.9 cm³/mol. The fraction of sp³-hybridized carbons (Fsp3) is 0.133. The van der Waals surface area contributed by atoms with Crippen molar-refractivity contribution in [1.82, 2.24) is 5.32 Å². The zero-order valence-electron chi connectivity index (χ0n) is 10.9. The molecule has 0 fully saturated rings. The Morgan fingerprint density at radius 3 is 2.50 bits per heavy atom. The number of hydrogen-bond acceptors (Lipinski definition) is 2. The number of nitrogens with two attached hydrogens (primary N) is 1. The molecule has 1 unspecified atom stereocenters. The maximum atomic E-state index is 12.3. The molecule has 0 bridgehead atoms. The molecule has 0 aromatic heterocycles. The van der Waals surface area contributed by atoms with E-state index in [0.29, 0.717) is 16.3 Å². The summed E-state index contributed by atoms with van der Waals surface area (Å²) < 4.78 is 0.995. The molecule has 0 aliphatic carbocycles. The lowest BCUT2D eigenvalue weighted by Crippen LogP contribution is -2.27. The van der Waals surface area contributed by atoms with E-state index in [-0.39, 0.29) is 11.9 Å². The molecule has 2 rings (SSSR count). The van der Waals surface area contributed by atoms with Crippen molar-refractivity contribution in [1.29, 1.82) is 0 Å². The van der Waals surface area contributed by atoms with E-state index in [9.17, 15) is 4.79 Å². The Labute approximate surface area is 131 Å².